The Labute approximate surface area is 186 Å². The number of hydrogen-bond donors (Lipinski definition) is 0. The number of rotatable bonds is 7. The van der Waals surface area contributed by atoms with Crippen LogP contribution in [0.5, 0.6) is 11.5 Å². The van der Waals surface area contributed by atoms with Crippen LogP contribution in [0.15, 0.2) is 73.2 Å². The summed E-state index contributed by atoms with van der Waals surface area (Å²) in [7, 11) is 0. The Kier molecular flexibility index (Phi) is 6.91. The Hall–Kier alpha value is -3.94. The number of amides is 2. The second-order valence-corrected chi connectivity index (χ2v) is 7.30. The number of hydrogen-bond acceptors (Lipinski definition) is 6. The van der Waals surface area contributed by atoms with Gasteiger partial charge in [0.1, 0.15) is 23.8 Å². The largest absolute Gasteiger partial charge is 0.489 e. The lowest BCUT2D eigenvalue weighted by Crippen LogP contribution is -2.51. The molecule has 0 atom stereocenters. The Bertz CT molecular complexity index is 1020. The van der Waals surface area contributed by atoms with Gasteiger partial charge in [-0.2, -0.15) is 0 Å². The van der Waals surface area contributed by atoms with E-state index in [4.69, 9.17) is 9.47 Å². The number of carbonyl (C=O) groups excluding carboxylic acids is 2. The van der Waals surface area contributed by atoms with Crippen molar-refractivity contribution in [2.45, 2.75) is 6.61 Å². The minimum absolute atomic E-state index is 0.0532. The monoisotopic (exact) mass is 432 g/mol. The smallest absolute Gasteiger partial charge is 0.274 e. The van der Waals surface area contributed by atoms with Crippen molar-refractivity contribution in [3.05, 3.63) is 84.4 Å². The molecular formula is C24H24N4O4. The molecule has 1 aromatic heterocycles. The fourth-order valence-corrected chi connectivity index (χ4v) is 3.34. The fourth-order valence-electron chi connectivity index (χ4n) is 3.34. The van der Waals surface area contributed by atoms with Crippen molar-refractivity contribution in [3.63, 3.8) is 0 Å². The molecule has 0 N–H and O–H groups in total. The van der Waals surface area contributed by atoms with Gasteiger partial charge in [0.2, 0.25) is 0 Å². The van der Waals surface area contributed by atoms with E-state index in [9.17, 15) is 9.59 Å². The van der Waals surface area contributed by atoms with Crippen molar-refractivity contribution >= 4 is 11.8 Å². The molecule has 0 spiro atoms. The first kappa shape index (κ1) is 21.3. The van der Waals surface area contributed by atoms with E-state index in [-0.39, 0.29) is 18.4 Å². The highest BCUT2D eigenvalue weighted by Crippen LogP contribution is 2.19. The molecule has 0 bridgehead atoms. The molecule has 8 nitrogen and oxygen atoms in total. The molecule has 32 heavy (non-hydrogen) atoms. The molecule has 0 aliphatic carbocycles. The van der Waals surface area contributed by atoms with Crippen LogP contribution in [0.2, 0.25) is 0 Å². The zero-order valence-electron chi connectivity index (χ0n) is 17.6. The van der Waals surface area contributed by atoms with Crippen LogP contribution in [0.1, 0.15) is 16.1 Å². The summed E-state index contributed by atoms with van der Waals surface area (Å²) in [6.07, 6.45) is 4.47. The second-order valence-electron chi connectivity index (χ2n) is 7.30. The molecule has 2 amide bonds. The van der Waals surface area contributed by atoms with Gasteiger partial charge >= 0.3 is 0 Å². The standard InChI is InChI=1S/C24H24N4O4/c29-23(27-12-14-28(15-13-27)24(30)22-16-25-10-11-26-22)18-32-21-8-6-20(7-9-21)31-17-19-4-2-1-3-5-19/h1-11,16H,12-15,17-18H2. The number of carbonyl (C=O) groups is 2. The van der Waals surface area contributed by atoms with Crippen LogP contribution in [0.3, 0.4) is 0 Å². The van der Waals surface area contributed by atoms with Crippen LogP contribution in [-0.2, 0) is 11.4 Å². The van der Waals surface area contributed by atoms with Gasteiger partial charge in [0.25, 0.3) is 11.8 Å². The van der Waals surface area contributed by atoms with Crippen LogP contribution in [0.25, 0.3) is 0 Å². The van der Waals surface area contributed by atoms with Crippen molar-refractivity contribution in [3.8, 4) is 11.5 Å². The molecule has 2 aromatic carbocycles. The predicted molar refractivity (Wildman–Crippen MR) is 117 cm³/mol. The van der Waals surface area contributed by atoms with Gasteiger partial charge in [0.15, 0.2) is 6.61 Å². The van der Waals surface area contributed by atoms with E-state index in [2.05, 4.69) is 9.97 Å². The van der Waals surface area contributed by atoms with Crippen molar-refractivity contribution in [2.75, 3.05) is 32.8 Å². The van der Waals surface area contributed by atoms with Gasteiger partial charge in [-0.3, -0.25) is 14.6 Å². The third-order valence-corrected chi connectivity index (χ3v) is 5.14. The van der Waals surface area contributed by atoms with E-state index in [1.807, 2.05) is 42.5 Å². The molecule has 1 saturated heterocycles. The third kappa shape index (κ3) is 5.60. The first-order valence-electron chi connectivity index (χ1n) is 10.4. The van der Waals surface area contributed by atoms with Crippen molar-refractivity contribution in [2.24, 2.45) is 0 Å². The Morgan fingerprint density at radius 2 is 1.47 bits per heavy atom. The first-order chi connectivity index (χ1) is 15.7. The molecule has 164 valence electrons. The summed E-state index contributed by atoms with van der Waals surface area (Å²) in [6.45, 7) is 2.26. The quantitative estimate of drug-likeness (QED) is 0.570. The van der Waals surface area contributed by atoms with Crippen molar-refractivity contribution in [1.29, 1.82) is 0 Å². The summed E-state index contributed by atoms with van der Waals surface area (Å²) in [4.78, 5) is 36.3. The number of aromatic nitrogens is 2. The molecule has 1 aliphatic rings. The topological polar surface area (TPSA) is 84.9 Å². The van der Waals surface area contributed by atoms with E-state index < -0.39 is 0 Å². The minimum Gasteiger partial charge on any atom is -0.489 e. The number of ether oxygens (including phenoxy) is 2. The molecule has 2 heterocycles. The molecule has 0 unspecified atom stereocenters. The number of benzene rings is 2. The second kappa shape index (κ2) is 10.4. The van der Waals surface area contributed by atoms with Crippen LogP contribution in [0.4, 0.5) is 0 Å². The Morgan fingerprint density at radius 3 is 2.12 bits per heavy atom. The average Bonchev–Trinajstić information content (AvgIpc) is 2.87. The summed E-state index contributed by atoms with van der Waals surface area (Å²) >= 11 is 0. The van der Waals surface area contributed by atoms with Gasteiger partial charge in [-0.05, 0) is 29.8 Å². The maximum atomic E-state index is 12.5. The average molecular weight is 432 g/mol. The van der Waals surface area contributed by atoms with Crippen molar-refractivity contribution in [1.82, 2.24) is 19.8 Å². The molecule has 1 aliphatic heterocycles. The van der Waals surface area contributed by atoms with Crippen LogP contribution < -0.4 is 9.47 Å². The molecular weight excluding hydrogens is 408 g/mol. The van der Waals surface area contributed by atoms with E-state index in [1.54, 1.807) is 21.9 Å². The lowest BCUT2D eigenvalue weighted by atomic mass is 10.2. The van der Waals surface area contributed by atoms with E-state index in [1.165, 1.54) is 18.6 Å². The molecule has 0 radical (unpaired) electrons. The van der Waals surface area contributed by atoms with Crippen LogP contribution in [-0.4, -0.2) is 64.4 Å². The highest BCUT2D eigenvalue weighted by molar-refractivity contribution is 5.92. The zero-order chi connectivity index (χ0) is 22.2. The van der Waals surface area contributed by atoms with Crippen molar-refractivity contribution < 1.29 is 19.1 Å². The molecule has 1 fully saturated rings. The van der Waals surface area contributed by atoms with Gasteiger partial charge in [-0.1, -0.05) is 30.3 Å². The van der Waals surface area contributed by atoms with Gasteiger partial charge in [-0.15, -0.1) is 0 Å². The summed E-state index contributed by atoms with van der Waals surface area (Å²) in [5, 5.41) is 0. The third-order valence-electron chi connectivity index (χ3n) is 5.14. The van der Waals surface area contributed by atoms with E-state index in [0.29, 0.717) is 44.2 Å². The van der Waals surface area contributed by atoms with Crippen LogP contribution >= 0.6 is 0 Å². The Balaban J connectivity index is 1.20. The molecule has 0 saturated carbocycles. The Morgan fingerprint density at radius 1 is 0.812 bits per heavy atom. The van der Waals surface area contributed by atoms with Crippen LogP contribution in [0, 0.1) is 0 Å². The molecule has 3 aromatic rings. The van der Waals surface area contributed by atoms with Gasteiger partial charge in [-0.25, -0.2) is 4.98 Å². The number of nitrogens with zero attached hydrogens (tertiary/aromatic N) is 4. The minimum atomic E-state index is -0.170. The zero-order valence-corrected chi connectivity index (χ0v) is 17.6. The fraction of sp³-hybridized carbons (Fsp3) is 0.250. The van der Waals surface area contributed by atoms with Gasteiger partial charge < -0.3 is 19.3 Å². The summed E-state index contributed by atoms with van der Waals surface area (Å²) in [5.41, 5.74) is 1.41. The summed E-state index contributed by atoms with van der Waals surface area (Å²) in [5.74, 6) is 1.05. The predicted octanol–water partition coefficient (Wildman–Crippen LogP) is 2.42. The van der Waals surface area contributed by atoms with E-state index >= 15 is 0 Å². The number of piperazine rings is 1. The first-order valence-corrected chi connectivity index (χ1v) is 10.4. The normalized spacial score (nSPS) is 13.5. The molecule has 8 heteroatoms. The summed E-state index contributed by atoms with van der Waals surface area (Å²) < 4.78 is 11.4. The lowest BCUT2D eigenvalue weighted by Gasteiger charge is -2.34. The highest BCUT2D eigenvalue weighted by atomic mass is 16.5. The lowest BCUT2D eigenvalue weighted by molar-refractivity contribution is -0.134. The maximum Gasteiger partial charge on any atom is 0.274 e. The molecule has 4 rings (SSSR count). The SMILES string of the molecule is O=C(COc1ccc(OCc2ccccc2)cc1)N1CCN(C(=O)c2cnccn2)CC1. The van der Waals surface area contributed by atoms with Gasteiger partial charge in [0, 0.05) is 38.6 Å². The highest BCUT2D eigenvalue weighted by Gasteiger charge is 2.25. The maximum absolute atomic E-state index is 12.5. The van der Waals surface area contributed by atoms with Gasteiger partial charge in [0.05, 0.1) is 6.20 Å². The summed E-state index contributed by atoms with van der Waals surface area (Å²) in [6, 6.07) is 17.1. The van der Waals surface area contributed by atoms with E-state index in [0.717, 1.165) is 11.3 Å².